The van der Waals surface area contributed by atoms with Crippen LogP contribution in [0.5, 0.6) is 11.5 Å². The molecule has 2 aromatic heterocycles. The Balaban J connectivity index is 1.00. The number of hydroxylamine groups is 1. The SMILES string of the molecule is C[NH+]([O-])c1cc(S(=O)(=O)NC(=O)c2ccc(N3CCN(CC4=C(c5ccc(Cl)cc5)CC(C)(C)CC4)CC3)cc2Oc2cnc3[nH]ccc3c2)ccc1NCC1CCOCC1. The summed E-state index contributed by atoms with van der Waals surface area (Å²) in [4.78, 5) is 26.1. The van der Waals surface area contributed by atoms with Gasteiger partial charge in [0.2, 0.25) is 0 Å². The van der Waals surface area contributed by atoms with Crippen molar-refractivity contribution >= 4 is 61.2 Å². The molecule has 2 saturated heterocycles. The van der Waals surface area contributed by atoms with Crippen LogP contribution >= 0.6 is 11.6 Å². The first-order valence-corrected chi connectivity index (χ1v) is 22.9. The van der Waals surface area contributed by atoms with Gasteiger partial charge in [-0.05, 0) is 103 Å². The van der Waals surface area contributed by atoms with E-state index in [2.05, 4.69) is 55.8 Å². The number of fused-ring (bicyclic) bond motifs is 1. The Kier molecular flexibility index (Phi) is 12.7. The monoisotopic (exact) mass is 867 g/mol. The van der Waals surface area contributed by atoms with E-state index in [1.165, 1.54) is 35.9 Å². The summed E-state index contributed by atoms with van der Waals surface area (Å²) in [6.45, 7) is 10.8. The number of carbonyl (C=O) groups excluding carboxylic acids is 1. The zero-order chi connectivity index (χ0) is 42.7. The minimum atomic E-state index is -4.40. The maximum absolute atomic E-state index is 14.0. The van der Waals surface area contributed by atoms with Crippen LogP contribution in [0.15, 0.2) is 95.7 Å². The van der Waals surface area contributed by atoms with Gasteiger partial charge in [-0.3, -0.25) is 9.69 Å². The standard InChI is InChI=1S/C46H54ClN7O6S/c1-46(2)16-12-34(40(27-46)32-4-6-35(47)7-5-32)30-53-18-20-54(21-19-53)36-8-10-39(43(25-36)60-37-24-33-13-17-48-44(33)50-29-37)45(55)51-61(57,58)38-9-11-41(42(26-38)52(3)56)49-28-31-14-22-59-23-15-31/h4-11,13,17,24-26,29,31,49,52H,12,14-16,18-23,27-28,30H2,1-3H3,(H,48,50)(H,51,55). The Morgan fingerprint density at radius 2 is 1.80 bits per heavy atom. The number of allylic oxidation sites excluding steroid dienone is 1. The predicted molar refractivity (Wildman–Crippen MR) is 240 cm³/mol. The summed E-state index contributed by atoms with van der Waals surface area (Å²) in [5.74, 6) is 0.0928. The molecule has 2 fully saturated rings. The van der Waals surface area contributed by atoms with E-state index in [1.807, 2.05) is 30.3 Å². The number of hydrogen-bond acceptors (Lipinski definition) is 10. The summed E-state index contributed by atoms with van der Waals surface area (Å²) < 4.78 is 41.6. The Bertz CT molecular complexity index is 2510. The van der Waals surface area contributed by atoms with Gasteiger partial charge in [-0.25, -0.2) is 18.1 Å². The second-order valence-electron chi connectivity index (χ2n) is 17.2. The number of aromatic amines is 1. The molecule has 2 aliphatic heterocycles. The molecule has 15 heteroatoms. The molecule has 1 atom stereocenters. The molecule has 1 aliphatic carbocycles. The molecule has 5 aromatic rings. The van der Waals surface area contributed by atoms with Crippen molar-refractivity contribution in [2.75, 3.05) is 69.7 Å². The number of halogens is 1. The van der Waals surface area contributed by atoms with Gasteiger partial charge in [0.1, 0.15) is 17.1 Å². The molecule has 322 valence electrons. The molecule has 0 saturated carbocycles. The van der Waals surface area contributed by atoms with E-state index < -0.39 is 15.9 Å². The number of anilines is 2. The van der Waals surface area contributed by atoms with Gasteiger partial charge in [0, 0.05) is 86.9 Å². The smallest absolute Gasteiger partial charge is 0.268 e. The maximum atomic E-state index is 14.0. The number of pyridine rings is 1. The third kappa shape index (κ3) is 10.2. The van der Waals surface area contributed by atoms with Crippen LogP contribution in [0, 0.1) is 16.5 Å². The number of piperazine rings is 1. The lowest BCUT2D eigenvalue weighted by atomic mass is 9.72. The molecule has 61 heavy (non-hydrogen) atoms. The fourth-order valence-corrected chi connectivity index (χ4v) is 9.67. The first kappa shape index (κ1) is 42.7. The van der Waals surface area contributed by atoms with Gasteiger partial charge in [0.05, 0.1) is 29.4 Å². The lowest BCUT2D eigenvalue weighted by Gasteiger charge is -2.39. The highest BCUT2D eigenvalue weighted by Gasteiger charge is 2.30. The Morgan fingerprint density at radius 1 is 1.03 bits per heavy atom. The van der Waals surface area contributed by atoms with Gasteiger partial charge in [0.25, 0.3) is 15.9 Å². The number of benzene rings is 3. The molecule has 0 bridgehead atoms. The van der Waals surface area contributed by atoms with Crippen LogP contribution < -0.4 is 24.7 Å². The van der Waals surface area contributed by atoms with Crippen LogP contribution in [0.2, 0.25) is 5.02 Å². The third-order valence-corrected chi connectivity index (χ3v) is 13.8. The van der Waals surface area contributed by atoms with Crippen molar-refractivity contribution in [2.24, 2.45) is 11.3 Å². The van der Waals surface area contributed by atoms with E-state index in [1.54, 1.807) is 30.6 Å². The third-order valence-electron chi connectivity index (χ3n) is 12.2. The minimum absolute atomic E-state index is 0.0311. The Hall–Kier alpha value is -4.96. The number of aromatic nitrogens is 2. The molecular formula is C46H54ClN7O6S. The van der Waals surface area contributed by atoms with Crippen molar-refractivity contribution in [1.29, 1.82) is 0 Å². The van der Waals surface area contributed by atoms with E-state index in [0.717, 1.165) is 80.9 Å². The van der Waals surface area contributed by atoms with Gasteiger partial charge < -0.3 is 34.9 Å². The number of nitrogens with one attached hydrogen (secondary N) is 4. The first-order valence-electron chi connectivity index (χ1n) is 21.0. The van der Waals surface area contributed by atoms with Crippen LogP contribution in [0.3, 0.4) is 0 Å². The number of hydrogen-bond donors (Lipinski definition) is 4. The predicted octanol–water partition coefficient (Wildman–Crippen LogP) is 7.40. The Labute approximate surface area is 362 Å². The molecule has 3 aromatic carbocycles. The summed E-state index contributed by atoms with van der Waals surface area (Å²) >= 11 is 6.25. The molecule has 8 rings (SSSR count). The highest BCUT2D eigenvalue weighted by atomic mass is 35.5. The molecule has 1 amide bonds. The number of ether oxygens (including phenoxy) is 2. The van der Waals surface area contributed by atoms with Crippen molar-refractivity contribution in [3.8, 4) is 11.5 Å². The van der Waals surface area contributed by atoms with E-state index in [0.29, 0.717) is 42.8 Å². The van der Waals surface area contributed by atoms with Crippen LogP contribution in [-0.2, 0) is 14.8 Å². The second-order valence-corrected chi connectivity index (χ2v) is 19.3. The molecule has 4 N–H and O–H groups in total. The van der Waals surface area contributed by atoms with Gasteiger partial charge in [-0.15, -0.1) is 0 Å². The van der Waals surface area contributed by atoms with Crippen LogP contribution in [-0.4, -0.2) is 88.7 Å². The van der Waals surface area contributed by atoms with E-state index in [9.17, 15) is 18.4 Å². The molecule has 0 spiro atoms. The number of amides is 1. The average Bonchev–Trinajstić information content (AvgIpc) is 3.72. The topological polar surface area (TPSA) is 156 Å². The second kappa shape index (κ2) is 18.2. The van der Waals surface area contributed by atoms with Crippen molar-refractivity contribution in [3.63, 3.8) is 0 Å². The summed E-state index contributed by atoms with van der Waals surface area (Å²) in [7, 11) is -3.01. The van der Waals surface area contributed by atoms with E-state index in [4.69, 9.17) is 21.1 Å². The first-order chi connectivity index (χ1) is 29.3. The lowest BCUT2D eigenvalue weighted by molar-refractivity contribution is -0.750. The number of carbonyl (C=O) groups is 1. The number of sulfonamides is 1. The molecule has 1 unspecified atom stereocenters. The number of H-pyrrole nitrogens is 1. The minimum Gasteiger partial charge on any atom is -0.629 e. The highest BCUT2D eigenvalue weighted by Crippen LogP contribution is 2.43. The molecule has 0 radical (unpaired) electrons. The number of rotatable bonds is 13. The van der Waals surface area contributed by atoms with Crippen molar-refractivity contribution in [2.45, 2.75) is 50.8 Å². The zero-order valence-electron chi connectivity index (χ0n) is 34.9. The molecule has 4 heterocycles. The van der Waals surface area contributed by atoms with Crippen LogP contribution in [0.4, 0.5) is 17.1 Å². The van der Waals surface area contributed by atoms with Gasteiger partial charge in [-0.1, -0.05) is 43.2 Å². The number of nitrogens with zero attached hydrogens (tertiary/aromatic N) is 3. The van der Waals surface area contributed by atoms with Gasteiger partial charge >= 0.3 is 0 Å². The Morgan fingerprint density at radius 3 is 2.56 bits per heavy atom. The number of quaternary nitrogens is 1. The van der Waals surface area contributed by atoms with E-state index >= 15 is 0 Å². The van der Waals surface area contributed by atoms with Crippen LogP contribution in [0.25, 0.3) is 16.6 Å². The lowest BCUT2D eigenvalue weighted by Crippen LogP contribution is -2.98. The van der Waals surface area contributed by atoms with Crippen molar-refractivity contribution < 1.29 is 27.7 Å². The fraction of sp³-hybridized carbons (Fsp3) is 0.391. The van der Waals surface area contributed by atoms with Gasteiger partial charge in [0.15, 0.2) is 5.69 Å². The normalized spacial score (nSPS) is 18.3. The summed E-state index contributed by atoms with van der Waals surface area (Å²) in [6, 6.07) is 21.4. The average molecular weight is 869 g/mol. The van der Waals surface area contributed by atoms with E-state index in [-0.39, 0.29) is 32.4 Å². The van der Waals surface area contributed by atoms with Gasteiger partial charge in [-0.2, -0.15) is 0 Å². The fourth-order valence-electron chi connectivity index (χ4n) is 8.56. The van der Waals surface area contributed by atoms with Crippen molar-refractivity contribution in [1.82, 2.24) is 19.6 Å². The zero-order valence-corrected chi connectivity index (χ0v) is 36.5. The summed E-state index contributed by atoms with van der Waals surface area (Å²) in [5.41, 5.74) is 6.73. The van der Waals surface area contributed by atoms with Crippen molar-refractivity contribution in [3.05, 3.63) is 112 Å². The summed E-state index contributed by atoms with van der Waals surface area (Å²) in [5, 5.41) is 17.3. The highest BCUT2D eigenvalue weighted by molar-refractivity contribution is 7.90. The molecule has 13 nitrogen and oxygen atoms in total. The molecular weight excluding hydrogens is 814 g/mol. The maximum Gasteiger partial charge on any atom is 0.268 e. The molecule has 3 aliphatic rings. The van der Waals surface area contributed by atoms with Crippen LogP contribution in [0.1, 0.15) is 61.9 Å². The largest absolute Gasteiger partial charge is 0.629 e. The quantitative estimate of drug-likeness (QED) is 0.0881. The summed E-state index contributed by atoms with van der Waals surface area (Å²) in [6.07, 6.45) is 8.39.